The molecule has 0 atom stereocenters. The van der Waals surface area contributed by atoms with Gasteiger partial charge < -0.3 is 10.2 Å². The van der Waals surface area contributed by atoms with Crippen molar-refractivity contribution in [1.82, 2.24) is 19.8 Å². The van der Waals surface area contributed by atoms with Crippen LogP contribution < -0.4 is 10.9 Å². The molecule has 1 aromatic rings. The number of rotatable bonds is 3. The Balaban J connectivity index is 1.99. The smallest absolute Gasteiger partial charge is 0.253 e. The normalized spacial score (nSPS) is 15.6. The van der Waals surface area contributed by atoms with Crippen LogP contribution in [0.25, 0.3) is 0 Å². The lowest BCUT2D eigenvalue weighted by Gasteiger charge is -2.27. The van der Waals surface area contributed by atoms with Crippen LogP contribution in [0.2, 0.25) is 0 Å². The molecule has 6 nitrogen and oxygen atoms in total. The molecule has 1 aromatic heterocycles. The zero-order valence-electron chi connectivity index (χ0n) is 11.5. The molecule has 0 bridgehead atoms. The van der Waals surface area contributed by atoms with Gasteiger partial charge in [0, 0.05) is 50.9 Å². The van der Waals surface area contributed by atoms with Crippen molar-refractivity contribution in [1.29, 1.82) is 0 Å². The van der Waals surface area contributed by atoms with E-state index in [1.807, 2.05) is 4.90 Å². The lowest BCUT2D eigenvalue weighted by atomic mass is 10.3. The summed E-state index contributed by atoms with van der Waals surface area (Å²) in [4.78, 5) is 30.0. The van der Waals surface area contributed by atoms with Crippen molar-refractivity contribution in [3.05, 3.63) is 27.9 Å². The number of piperazine rings is 1. The molecule has 0 unspecified atom stereocenters. The Morgan fingerprint density at radius 2 is 2.05 bits per heavy atom. The van der Waals surface area contributed by atoms with E-state index in [4.69, 9.17) is 0 Å². The zero-order valence-corrected chi connectivity index (χ0v) is 11.5. The molecule has 1 fully saturated rings. The van der Waals surface area contributed by atoms with Crippen molar-refractivity contribution < 1.29 is 4.79 Å². The number of nitrogens with one attached hydrogen (secondary N) is 1. The van der Waals surface area contributed by atoms with Gasteiger partial charge in [-0.3, -0.25) is 14.2 Å². The number of nitrogens with zero attached hydrogens (tertiary/aromatic N) is 3. The van der Waals surface area contributed by atoms with E-state index in [9.17, 15) is 9.59 Å². The minimum absolute atomic E-state index is 0.0851. The van der Waals surface area contributed by atoms with Crippen LogP contribution >= 0.6 is 0 Å². The molecule has 2 heterocycles. The van der Waals surface area contributed by atoms with Crippen LogP contribution in [0.3, 0.4) is 0 Å². The van der Waals surface area contributed by atoms with Gasteiger partial charge in [0.25, 0.3) is 5.56 Å². The van der Waals surface area contributed by atoms with Crippen molar-refractivity contribution in [3.8, 4) is 0 Å². The molecule has 0 aromatic carbocycles. The molecule has 0 aliphatic carbocycles. The number of hydrogen-bond acceptors (Lipinski definition) is 4. The third kappa shape index (κ3) is 3.41. The third-order valence-corrected chi connectivity index (χ3v) is 3.35. The summed E-state index contributed by atoms with van der Waals surface area (Å²) in [5.74, 6) is 0.770. The average Bonchev–Trinajstić information content (AvgIpc) is 2.38. The molecule has 1 aliphatic rings. The van der Waals surface area contributed by atoms with E-state index in [0.717, 1.165) is 26.2 Å². The molecule has 1 aliphatic heterocycles. The topological polar surface area (TPSA) is 67.2 Å². The Kier molecular flexibility index (Phi) is 4.31. The molecule has 2 rings (SSSR count). The van der Waals surface area contributed by atoms with Gasteiger partial charge in [-0.15, -0.1) is 0 Å². The predicted octanol–water partition coefficient (Wildman–Crippen LogP) is -0.318. The van der Waals surface area contributed by atoms with Gasteiger partial charge in [-0.25, -0.2) is 4.98 Å². The van der Waals surface area contributed by atoms with E-state index in [1.165, 1.54) is 6.07 Å². The van der Waals surface area contributed by atoms with E-state index >= 15 is 0 Å². The molecular weight excluding hydrogens is 244 g/mol. The summed E-state index contributed by atoms with van der Waals surface area (Å²) in [6.07, 6.45) is 0.353. The SMILES string of the molecule is Cc1cc(=O)n(CCC(=O)N2CCNCC2)c(C)n1. The Bertz CT molecular complexity index is 518. The van der Waals surface area contributed by atoms with Gasteiger partial charge in [-0.2, -0.15) is 0 Å². The van der Waals surface area contributed by atoms with Crippen molar-refractivity contribution in [3.63, 3.8) is 0 Å². The van der Waals surface area contributed by atoms with Crippen LogP contribution in [0.4, 0.5) is 0 Å². The second-order valence-corrected chi connectivity index (χ2v) is 4.82. The van der Waals surface area contributed by atoms with Crippen LogP contribution in [-0.2, 0) is 11.3 Å². The van der Waals surface area contributed by atoms with Gasteiger partial charge in [-0.05, 0) is 13.8 Å². The fourth-order valence-electron chi connectivity index (χ4n) is 2.32. The molecular formula is C13H20N4O2. The summed E-state index contributed by atoms with van der Waals surface area (Å²) < 4.78 is 1.56. The first-order chi connectivity index (χ1) is 9.08. The lowest BCUT2D eigenvalue weighted by Crippen LogP contribution is -2.46. The monoisotopic (exact) mass is 264 g/mol. The van der Waals surface area contributed by atoms with Crippen molar-refractivity contribution >= 4 is 5.91 Å². The molecule has 1 N–H and O–H groups in total. The largest absolute Gasteiger partial charge is 0.340 e. The molecule has 1 amide bonds. The number of aromatic nitrogens is 2. The molecule has 0 spiro atoms. The highest BCUT2D eigenvalue weighted by Gasteiger charge is 2.16. The van der Waals surface area contributed by atoms with E-state index in [-0.39, 0.29) is 11.5 Å². The summed E-state index contributed by atoms with van der Waals surface area (Å²) in [6.45, 7) is 7.18. The van der Waals surface area contributed by atoms with Gasteiger partial charge in [0.2, 0.25) is 5.91 Å². The maximum Gasteiger partial charge on any atom is 0.253 e. The van der Waals surface area contributed by atoms with Crippen molar-refractivity contribution in [2.24, 2.45) is 0 Å². The summed E-state index contributed by atoms with van der Waals surface area (Å²) in [6, 6.07) is 1.50. The minimum atomic E-state index is -0.0851. The molecule has 1 saturated heterocycles. The summed E-state index contributed by atoms with van der Waals surface area (Å²) >= 11 is 0. The van der Waals surface area contributed by atoms with Crippen LogP contribution in [0, 0.1) is 13.8 Å². The van der Waals surface area contributed by atoms with Crippen LogP contribution in [0.5, 0.6) is 0 Å². The second-order valence-electron chi connectivity index (χ2n) is 4.82. The van der Waals surface area contributed by atoms with E-state index in [0.29, 0.717) is 24.5 Å². The second kappa shape index (κ2) is 5.97. The Hall–Kier alpha value is -1.69. The van der Waals surface area contributed by atoms with Crippen molar-refractivity contribution in [2.45, 2.75) is 26.8 Å². The van der Waals surface area contributed by atoms with Gasteiger partial charge in [-0.1, -0.05) is 0 Å². The first-order valence-corrected chi connectivity index (χ1v) is 6.61. The maximum absolute atomic E-state index is 12.0. The number of carbonyl (C=O) groups excluding carboxylic acids is 1. The first kappa shape index (κ1) is 13.7. The number of hydrogen-bond donors (Lipinski definition) is 1. The molecule has 19 heavy (non-hydrogen) atoms. The number of carbonyl (C=O) groups is 1. The van der Waals surface area contributed by atoms with Crippen molar-refractivity contribution in [2.75, 3.05) is 26.2 Å². The highest BCUT2D eigenvalue weighted by Crippen LogP contribution is 2.00. The van der Waals surface area contributed by atoms with Crippen LogP contribution in [-0.4, -0.2) is 46.5 Å². The lowest BCUT2D eigenvalue weighted by molar-refractivity contribution is -0.132. The van der Waals surface area contributed by atoms with Crippen LogP contribution in [0.15, 0.2) is 10.9 Å². The quantitative estimate of drug-likeness (QED) is 0.812. The third-order valence-electron chi connectivity index (χ3n) is 3.35. The molecule has 0 radical (unpaired) electrons. The van der Waals surface area contributed by atoms with Gasteiger partial charge in [0.1, 0.15) is 5.82 Å². The highest BCUT2D eigenvalue weighted by molar-refractivity contribution is 5.76. The maximum atomic E-state index is 12.0. The molecule has 104 valence electrons. The summed E-state index contributed by atoms with van der Waals surface area (Å²) in [5, 5.41) is 3.21. The molecule has 0 saturated carbocycles. The van der Waals surface area contributed by atoms with E-state index < -0.39 is 0 Å². The highest BCUT2D eigenvalue weighted by atomic mass is 16.2. The Morgan fingerprint density at radius 3 is 2.68 bits per heavy atom. The Labute approximate surface area is 112 Å². The summed E-state index contributed by atoms with van der Waals surface area (Å²) in [5.41, 5.74) is 0.630. The van der Waals surface area contributed by atoms with Crippen LogP contribution in [0.1, 0.15) is 17.9 Å². The molecule has 6 heteroatoms. The number of aryl methyl sites for hydroxylation is 2. The van der Waals surface area contributed by atoms with Gasteiger partial charge >= 0.3 is 0 Å². The first-order valence-electron chi connectivity index (χ1n) is 6.61. The summed E-state index contributed by atoms with van der Waals surface area (Å²) in [7, 11) is 0. The fourth-order valence-corrected chi connectivity index (χ4v) is 2.32. The standard InChI is InChI=1S/C13H20N4O2/c1-10-9-13(19)17(11(2)15-10)6-3-12(18)16-7-4-14-5-8-16/h9,14H,3-8H2,1-2H3. The fraction of sp³-hybridized carbons (Fsp3) is 0.615. The average molecular weight is 264 g/mol. The van der Waals surface area contributed by atoms with E-state index in [2.05, 4.69) is 10.3 Å². The number of amides is 1. The van der Waals surface area contributed by atoms with Gasteiger partial charge in [0.05, 0.1) is 0 Å². The predicted molar refractivity (Wildman–Crippen MR) is 72.0 cm³/mol. The zero-order chi connectivity index (χ0) is 13.8. The minimum Gasteiger partial charge on any atom is -0.340 e. The van der Waals surface area contributed by atoms with E-state index in [1.54, 1.807) is 18.4 Å². The van der Waals surface area contributed by atoms with Gasteiger partial charge in [0.15, 0.2) is 0 Å². The Morgan fingerprint density at radius 1 is 1.37 bits per heavy atom.